The van der Waals surface area contributed by atoms with E-state index in [-0.39, 0.29) is 17.7 Å². The number of carbonyl (C=O) groups is 1. The molecule has 1 aliphatic rings. The number of likely N-dealkylation sites (N-methyl/N-ethyl adjacent to an activating group) is 1. The molecule has 1 saturated heterocycles. The van der Waals surface area contributed by atoms with E-state index in [0.717, 1.165) is 32.6 Å². The van der Waals surface area contributed by atoms with Gasteiger partial charge in [0.05, 0.1) is 18.8 Å². The summed E-state index contributed by atoms with van der Waals surface area (Å²) in [6, 6.07) is 0. The number of esters is 1. The molecule has 20 heavy (non-hydrogen) atoms. The first-order chi connectivity index (χ1) is 9.22. The monoisotopic (exact) mass is 286 g/mol. The van der Waals surface area contributed by atoms with Crippen molar-refractivity contribution in [3.05, 3.63) is 0 Å². The lowest BCUT2D eigenvalue weighted by atomic mass is 9.96. The van der Waals surface area contributed by atoms with Crippen LogP contribution in [0.15, 0.2) is 0 Å². The number of morpholine rings is 1. The number of ether oxygens (including phenoxy) is 2. The Kier molecular flexibility index (Phi) is 5.98. The van der Waals surface area contributed by atoms with Gasteiger partial charge in [-0.3, -0.25) is 9.69 Å². The molecule has 0 spiro atoms. The van der Waals surface area contributed by atoms with Gasteiger partial charge >= 0.3 is 5.97 Å². The topological polar surface area (TPSA) is 50.8 Å². The predicted octanol–water partition coefficient (Wildman–Crippen LogP) is 1.42. The highest BCUT2D eigenvalue weighted by atomic mass is 16.5. The van der Waals surface area contributed by atoms with Crippen molar-refractivity contribution >= 4 is 5.97 Å². The van der Waals surface area contributed by atoms with Crippen LogP contribution in [0.5, 0.6) is 0 Å². The number of nitrogens with one attached hydrogen (secondary N) is 1. The fraction of sp³-hybridized carbons (Fsp3) is 0.933. The zero-order valence-electron chi connectivity index (χ0n) is 13.8. The van der Waals surface area contributed by atoms with Gasteiger partial charge in [-0.2, -0.15) is 0 Å². The molecule has 5 nitrogen and oxygen atoms in total. The fourth-order valence-electron chi connectivity index (χ4n) is 3.02. The number of nitrogens with zero attached hydrogens (tertiary/aromatic N) is 1. The second-order valence-electron chi connectivity index (χ2n) is 6.53. The van der Waals surface area contributed by atoms with Gasteiger partial charge in [-0.15, -0.1) is 0 Å². The van der Waals surface area contributed by atoms with E-state index in [1.165, 1.54) is 7.11 Å². The van der Waals surface area contributed by atoms with Gasteiger partial charge in [0, 0.05) is 19.6 Å². The maximum Gasteiger partial charge on any atom is 0.325 e. The van der Waals surface area contributed by atoms with E-state index in [1.807, 2.05) is 13.8 Å². The molecule has 1 aliphatic heterocycles. The van der Waals surface area contributed by atoms with Gasteiger partial charge in [0.25, 0.3) is 0 Å². The lowest BCUT2D eigenvalue weighted by Crippen LogP contribution is -2.55. The SMILES string of the molecule is CCNC(C)(CCN1CC(C)OC(C)(C)C1)C(=O)OC. The summed E-state index contributed by atoms with van der Waals surface area (Å²) in [5.41, 5.74) is -0.743. The van der Waals surface area contributed by atoms with Crippen LogP contribution in [0.2, 0.25) is 0 Å². The number of rotatable bonds is 6. The molecule has 0 saturated carbocycles. The first-order valence-electron chi connectivity index (χ1n) is 7.46. The van der Waals surface area contributed by atoms with Crippen LogP contribution in [0, 0.1) is 0 Å². The van der Waals surface area contributed by atoms with Crippen LogP contribution in [0.4, 0.5) is 0 Å². The summed E-state index contributed by atoms with van der Waals surface area (Å²) in [5, 5.41) is 3.25. The van der Waals surface area contributed by atoms with Crippen LogP contribution in [0.3, 0.4) is 0 Å². The standard InChI is InChI=1S/C15H30N2O3/c1-7-16-15(5,13(18)19-6)8-9-17-10-12(2)20-14(3,4)11-17/h12,16H,7-11H2,1-6H3. The Labute approximate surface area is 123 Å². The van der Waals surface area contributed by atoms with Crippen molar-refractivity contribution in [1.29, 1.82) is 0 Å². The number of carbonyl (C=O) groups excluding carboxylic acids is 1. The minimum atomic E-state index is -0.616. The van der Waals surface area contributed by atoms with E-state index >= 15 is 0 Å². The molecule has 1 rings (SSSR count). The number of hydrogen-bond acceptors (Lipinski definition) is 5. The summed E-state index contributed by atoms with van der Waals surface area (Å²) in [5.74, 6) is -0.195. The third kappa shape index (κ3) is 4.72. The average Bonchev–Trinajstić information content (AvgIpc) is 2.33. The Bertz CT molecular complexity index is 333. The Morgan fingerprint density at radius 1 is 1.55 bits per heavy atom. The van der Waals surface area contributed by atoms with E-state index in [9.17, 15) is 4.79 Å². The molecule has 0 radical (unpaired) electrons. The third-order valence-electron chi connectivity index (χ3n) is 3.77. The highest BCUT2D eigenvalue weighted by molar-refractivity contribution is 5.80. The third-order valence-corrected chi connectivity index (χ3v) is 3.77. The van der Waals surface area contributed by atoms with E-state index in [1.54, 1.807) is 0 Å². The molecule has 1 heterocycles. The molecular formula is C15H30N2O3. The van der Waals surface area contributed by atoms with Crippen LogP contribution >= 0.6 is 0 Å². The maximum atomic E-state index is 12.0. The molecule has 2 unspecified atom stereocenters. The summed E-state index contributed by atoms with van der Waals surface area (Å²) in [6.45, 7) is 13.6. The van der Waals surface area contributed by atoms with Crippen LogP contribution in [0.1, 0.15) is 41.0 Å². The molecule has 118 valence electrons. The molecular weight excluding hydrogens is 256 g/mol. The van der Waals surface area contributed by atoms with Crippen molar-refractivity contribution in [2.45, 2.75) is 58.3 Å². The number of hydrogen-bond donors (Lipinski definition) is 1. The Morgan fingerprint density at radius 2 is 2.20 bits per heavy atom. The van der Waals surface area contributed by atoms with Crippen molar-refractivity contribution in [2.75, 3.05) is 33.3 Å². The lowest BCUT2D eigenvalue weighted by molar-refractivity contribution is -0.149. The van der Waals surface area contributed by atoms with Gasteiger partial charge in [-0.25, -0.2) is 0 Å². The zero-order chi connectivity index (χ0) is 15.4. The first-order valence-corrected chi connectivity index (χ1v) is 7.46. The van der Waals surface area contributed by atoms with Crippen LogP contribution in [-0.4, -0.2) is 61.4 Å². The minimum Gasteiger partial charge on any atom is -0.468 e. The Hall–Kier alpha value is -0.650. The van der Waals surface area contributed by atoms with Crippen LogP contribution < -0.4 is 5.32 Å². The summed E-state index contributed by atoms with van der Waals surface area (Å²) >= 11 is 0. The summed E-state index contributed by atoms with van der Waals surface area (Å²) < 4.78 is 10.8. The van der Waals surface area contributed by atoms with Crippen LogP contribution in [0.25, 0.3) is 0 Å². The van der Waals surface area contributed by atoms with Crippen molar-refractivity contribution in [2.24, 2.45) is 0 Å². The normalized spacial score (nSPS) is 26.0. The fourth-order valence-corrected chi connectivity index (χ4v) is 3.02. The van der Waals surface area contributed by atoms with Crippen LogP contribution in [-0.2, 0) is 14.3 Å². The van der Waals surface area contributed by atoms with E-state index in [4.69, 9.17) is 9.47 Å². The molecule has 1 fully saturated rings. The van der Waals surface area contributed by atoms with Crippen molar-refractivity contribution in [3.63, 3.8) is 0 Å². The van der Waals surface area contributed by atoms with Crippen molar-refractivity contribution < 1.29 is 14.3 Å². The van der Waals surface area contributed by atoms with Crippen molar-refractivity contribution in [1.82, 2.24) is 10.2 Å². The summed E-state index contributed by atoms with van der Waals surface area (Å²) in [6.07, 6.45) is 0.957. The predicted molar refractivity (Wildman–Crippen MR) is 79.8 cm³/mol. The minimum absolute atomic E-state index is 0.127. The molecule has 0 bridgehead atoms. The smallest absolute Gasteiger partial charge is 0.325 e. The summed E-state index contributed by atoms with van der Waals surface area (Å²) in [4.78, 5) is 14.3. The van der Waals surface area contributed by atoms with Gasteiger partial charge in [-0.05, 0) is 40.7 Å². The lowest BCUT2D eigenvalue weighted by Gasteiger charge is -2.42. The Morgan fingerprint density at radius 3 is 2.70 bits per heavy atom. The van der Waals surface area contributed by atoms with E-state index in [0.29, 0.717) is 0 Å². The highest BCUT2D eigenvalue weighted by Gasteiger charge is 2.36. The molecule has 2 atom stereocenters. The molecule has 0 aliphatic carbocycles. The van der Waals surface area contributed by atoms with Gasteiger partial charge in [0.15, 0.2) is 0 Å². The highest BCUT2D eigenvalue weighted by Crippen LogP contribution is 2.22. The quantitative estimate of drug-likeness (QED) is 0.748. The van der Waals surface area contributed by atoms with E-state index < -0.39 is 5.54 Å². The van der Waals surface area contributed by atoms with E-state index in [2.05, 4.69) is 31.0 Å². The van der Waals surface area contributed by atoms with Gasteiger partial charge < -0.3 is 14.8 Å². The second-order valence-corrected chi connectivity index (χ2v) is 6.53. The maximum absolute atomic E-state index is 12.0. The molecule has 0 aromatic heterocycles. The van der Waals surface area contributed by atoms with Crippen molar-refractivity contribution in [3.8, 4) is 0 Å². The number of methoxy groups -OCH3 is 1. The zero-order valence-corrected chi connectivity index (χ0v) is 13.8. The van der Waals surface area contributed by atoms with Gasteiger partial charge in [-0.1, -0.05) is 6.92 Å². The molecule has 0 aromatic carbocycles. The summed E-state index contributed by atoms with van der Waals surface area (Å²) in [7, 11) is 1.44. The molecule has 1 N–H and O–H groups in total. The second kappa shape index (κ2) is 6.87. The average molecular weight is 286 g/mol. The Balaban J connectivity index is 2.61. The molecule has 0 amide bonds. The van der Waals surface area contributed by atoms with Gasteiger partial charge in [0.1, 0.15) is 5.54 Å². The molecule has 5 heteroatoms. The first kappa shape index (κ1) is 17.4. The largest absolute Gasteiger partial charge is 0.468 e. The molecule has 0 aromatic rings. The van der Waals surface area contributed by atoms with Gasteiger partial charge in [0.2, 0.25) is 0 Å².